The van der Waals surface area contributed by atoms with E-state index in [0.29, 0.717) is 5.56 Å². The number of benzene rings is 2. The second-order valence-corrected chi connectivity index (χ2v) is 5.97. The van der Waals surface area contributed by atoms with Crippen LogP contribution in [0.25, 0.3) is 0 Å². The number of carboxylic acids is 1. The Bertz CT molecular complexity index is 757. The van der Waals surface area contributed by atoms with Crippen molar-refractivity contribution in [3.63, 3.8) is 0 Å². The molecule has 0 saturated carbocycles. The number of hydrogen-bond acceptors (Lipinski definition) is 3. The molecule has 0 bridgehead atoms. The second-order valence-electron chi connectivity index (χ2n) is 4.29. The van der Waals surface area contributed by atoms with Crippen LogP contribution < -0.4 is 4.72 Å². The van der Waals surface area contributed by atoms with E-state index in [1.807, 2.05) is 0 Å². The number of carbonyl (C=O) groups is 1. The predicted octanol–water partition coefficient (Wildman–Crippen LogP) is 2.25. The van der Waals surface area contributed by atoms with Gasteiger partial charge in [-0.1, -0.05) is 18.2 Å². The van der Waals surface area contributed by atoms with Crippen LogP contribution in [0.15, 0.2) is 53.4 Å². The first-order valence-corrected chi connectivity index (χ1v) is 7.45. The lowest BCUT2D eigenvalue weighted by Gasteiger charge is -2.11. The summed E-state index contributed by atoms with van der Waals surface area (Å²) in [6.07, 6.45) is -0.303. The Balaban J connectivity index is 2.33. The molecule has 0 saturated heterocycles. The average molecular weight is 309 g/mol. The first-order chi connectivity index (χ1) is 9.88. The van der Waals surface area contributed by atoms with Crippen molar-refractivity contribution < 1.29 is 22.7 Å². The third-order valence-corrected chi connectivity index (χ3v) is 4.11. The molecule has 2 N–H and O–H groups in total. The van der Waals surface area contributed by atoms with Gasteiger partial charge in [-0.25, -0.2) is 12.8 Å². The molecular weight excluding hydrogens is 297 g/mol. The molecule has 0 aliphatic heterocycles. The number of aliphatic carboxylic acids is 1. The highest BCUT2D eigenvalue weighted by atomic mass is 32.2. The minimum absolute atomic E-state index is 0.103. The summed E-state index contributed by atoms with van der Waals surface area (Å²) in [5.74, 6) is -1.61. The van der Waals surface area contributed by atoms with Gasteiger partial charge in [0.2, 0.25) is 0 Å². The van der Waals surface area contributed by atoms with E-state index in [-0.39, 0.29) is 17.0 Å². The fourth-order valence-electron chi connectivity index (χ4n) is 1.75. The number of rotatable bonds is 5. The van der Waals surface area contributed by atoms with Gasteiger partial charge < -0.3 is 5.11 Å². The van der Waals surface area contributed by atoms with Crippen LogP contribution in [0.1, 0.15) is 5.56 Å². The number of halogens is 1. The summed E-state index contributed by atoms with van der Waals surface area (Å²) in [5, 5.41) is 8.82. The molecule has 0 fully saturated rings. The summed E-state index contributed by atoms with van der Waals surface area (Å²) in [6, 6.07) is 10.6. The molecule has 110 valence electrons. The highest BCUT2D eigenvalue weighted by molar-refractivity contribution is 7.92. The summed E-state index contributed by atoms with van der Waals surface area (Å²) in [7, 11) is -3.90. The molecule has 0 aliphatic rings. The smallest absolute Gasteiger partial charge is 0.307 e. The molecule has 0 aliphatic carbocycles. The van der Waals surface area contributed by atoms with Crippen LogP contribution in [0.3, 0.4) is 0 Å². The van der Waals surface area contributed by atoms with E-state index in [9.17, 15) is 17.6 Å². The standard InChI is InChI=1S/C14H12FNO4S/c15-11-5-7-12(8-6-11)21(19,20)16-13-4-2-1-3-10(13)9-14(17)18/h1-8,16H,9H2,(H,17,18). The van der Waals surface area contributed by atoms with E-state index < -0.39 is 21.8 Å². The quantitative estimate of drug-likeness (QED) is 0.887. The van der Waals surface area contributed by atoms with Crippen LogP contribution in [0.4, 0.5) is 10.1 Å². The van der Waals surface area contributed by atoms with Crippen molar-refractivity contribution >= 4 is 21.7 Å². The normalized spacial score (nSPS) is 11.1. The topological polar surface area (TPSA) is 83.5 Å². The zero-order valence-electron chi connectivity index (χ0n) is 10.8. The van der Waals surface area contributed by atoms with Crippen molar-refractivity contribution in [1.29, 1.82) is 0 Å². The van der Waals surface area contributed by atoms with Crippen molar-refractivity contribution in [3.05, 3.63) is 59.9 Å². The summed E-state index contributed by atoms with van der Waals surface area (Å²) in [4.78, 5) is 10.7. The van der Waals surface area contributed by atoms with Gasteiger partial charge in [-0.3, -0.25) is 9.52 Å². The Kier molecular flexibility index (Phi) is 4.23. The summed E-state index contributed by atoms with van der Waals surface area (Å²) in [6.45, 7) is 0. The molecule has 21 heavy (non-hydrogen) atoms. The third-order valence-electron chi connectivity index (χ3n) is 2.73. The largest absolute Gasteiger partial charge is 0.481 e. The molecule has 2 aromatic carbocycles. The number of anilines is 1. The molecule has 7 heteroatoms. The number of hydrogen-bond donors (Lipinski definition) is 2. The van der Waals surface area contributed by atoms with E-state index >= 15 is 0 Å². The minimum atomic E-state index is -3.90. The van der Waals surface area contributed by atoms with Gasteiger partial charge in [-0.15, -0.1) is 0 Å². The molecule has 0 amide bonds. The van der Waals surface area contributed by atoms with Gasteiger partial charge >= 0.3 is 5.97 Å². The fraction of sp³-hybridized carbons (Fsp3) is 0.0714. The molecule has 0 unspecified atom stereocenters. The van der Waals surface area contributed by atoms with Gasteiger partial charge in [-0.2, -0.15) is 0 Å². The monoisotopic (exact) mass is 309 g/mol. The van der Waals surface area contributed by atoms with Crippen molar-refractivity contribution in [3.8, 4) is 0 Å². The van der Waals surface area contributed by atoms with E-state index in [1.165, 1.54) is 12.1 Å². The number of para-hydroxylation sites is 1. The Morgan fingerprint density at radius 1 is 1.10 bits per heavy atom. The number of carboxylic acid groups (broad SMARTS) is 1. The van der Waals surface area contributed by atoms with Crippen molar-refractivity contribution in [2.24, 2.45) is 0 Å². The lowest BCUT2D eigenvalue weighted by atomic mass is 10.1. The molecule has 5 nitrogen and oxygen atoms in total. The summed E-state index contributed by atoms with van der Waals surface area (Å²) in [5.41, 5.74) is 0.528. The van der Waals surface area contributed by atoms with Gasteiger partial charge in [0.15, 0.2) is 0 Å². The van der Waals surface area contributed by atoms with Gasteiger partial charge in [0.25, 0.3) is 10.0 Å². The Labute approximate surface area is 121 Å². The highest BCUT2D eigenvalue weighted by Crippen LogP contribution is 2.20. The molecule has 0 radical (unpaired) electrons. The highest BCUT2D eigenvalue weighted by Gasteiger charge is 2.16. The van der Waals surface area contributed by atoms with Crippen LogP contribution in [-0.4, -0.2) is 19.5 Å². The minimum Gasteiger partial charge on any atom is -0.481 e. The fourth-order valence-corrected chi connectivity index (χ4v) is 2.86. The molecule has 2 rings (SSSR count). The third kappa shape index (κ3) is 3.79. The Hall–Kier alpha value is -2.41. The van der Waals surface area contributed by atoms with Crippen molar-refractivity contribution in [1.82, 2.24) is 0 Å². The summed E-state index contributed by atoms with van der Waals surface area (Å²) < 4.78 is 39.5. The van der Waals surface area contributed by atoms with Gasteiger partial charge in [0, 0.05) is 0 Å². The van der Waals surface area contributed by atoms with E-state index in [2.05, 4.69) is 4.72 Å². The zero-order valence-corrected chi connectivity index (χ0v) is 11.6. The number of nitrogens with one attached hydrogen (secondary N) is 1. The first-order valence-electron chi connectivity index (χ1n) is 5.96. The Morgan fingerprint density at radius 2 is 1.71 bits per heavy atom. The van der Waals surface area contributed by atoms with Crippen LogP contribution in [-0.2, 0) is 21.2 Å². The van der Waals surface area contributed by atoms with Crippen LogP contribution in [0.5, 0.6) is 0 Å². The Morgan fingerprint density at radius 3 is 2.33 bits per heavy atom. The zero-order chi connectivity index (χ0) is 15.5. The molecule has 0 spiro atoms. The lowest BCUT2D eigenvalue weighted by molar-refractivity contribution is -0.136. The lowest BCUT2D eigenvalue weighted by Crippen LogP contribution is -2.15. The van der Waals surface area contributed by atoms with Crippen molar-refractivity contribution in [2.75, 3.05) is 4.72 Å². The van der Waals surface area contributed by atoms with Gasteiger partial charge in [-0.05, 0) is 35.9 Å². The maximum Gasteiger partial charge on any atom is 0.307 e. The van der Waals surface area contributed by atoms with E-state index in [4.69, 9.17) is 5.11 Å². The molecular formula is C14H12FNO4S. The maximum atomic E-state index is 12.8. The van der Waals surface area contributed by atoms with Gasteiger partial charge in [0.1, 0.15) is 5.82 Å². The van der Waals surface area contributed by atoms with Crippen LogP contribution in [0, 0.1) is 5.82 Å². The van der Waals surface area contributed by atoms with Gasteiger partial charge in [0.05, 0.1) is 17.0 Å². The van der Waals surface area contributed by atoms with Crippen LogP contribution >= 0.6 is 0 Å². The summed E-state index contributed by atoms with van der Waals surface area (Å²) >= 11 is 0. The SMILES string of the molecule is O=C(O)Cc1ccccc1NS(=O)(=O)c1ccc(F)cc1. The van der Waals surface area contributed by atoms with Crippen LogP contribution in [0.2, 0.25) is 0 Å². The van der Waals surface area contributed by atoms with E-state index in [1.54, 1.807) is 12.1 Å². The first kappa shape index (κ1) is 15.0. The molecule has 2 aromatic rings. The van der Waals surface area contributed by atoms with E-state index in [0.717, 1.165) is 24.3 Å². The second kappa shape index (κ2) is 5.92. The maximum absolute atomic E-state index is 12.8. The predicted molar refractivity (Wildman–Crippen MR) is 75.0 cm³/mol. The molecule has 0 atom stereocenters. The molecule has 0 heterocycles. The molecule has 0 aromatic heterocycles. The average Bonchev–Trinajstić information content (AvgIpc) is 2.40. The number of sulfonamides is 1. The van der Waals surface area contributed by atoms with Crippen molar-refractivity contribution in [2.45, 2.75) is 11.3 Å².